The van der Waals surface area contributed by atoms with Crippen LogP contribution in [0.5, 0.6) is 0 Å². The van der Waals surface area contributed by atoms with Crippen LogP contribution in [0.3, 0.4) is 0 Å². The lowest BCUT2D eigenvalue weighted by atomic mass is 10.3. The second-order valence-electron chi connectivity index (χ2n) is 5.13. The first kappa shape index (κ1) is 20.7. The number of hydrogen-bond donors (Lipinski definition) is 2. The quantitative estimate of drug-likeness (QED) is 0.264. The van der Waals surface area contributed by atoms with E-state index in [1.807, 2.05) is 13.8 Å². The molecule has 0 radical (unpaired) electrons. The zero-order chi connectivity index (χ0) is 17.0. The van der Waals surface area contributed by atoms with Crippen LogP contribution >= 0.6 is 0 Å². The Bertz CT molecular complexity index is 449. The van der Waals surface area contributed by atoms with E-state index in [4.69, 9.17) is 4.74 Å². The third kappa shape index (κ3) is 12.4. The zero-order valence-electron chi connectivity index (χ0n) is 14.0. The molecule has 7 nitrogen and oxygen atoms in total. The smallest absolute Gasteiger partial charge is 0.305 e. The Kier molecular flexibility index (Phi) is 10.6. The fourth-order valence-corrected chi connectivity index (χ4v) is 2.45. The van der Waals surface area contributed by atoms with E-state index in [9.17, 15) is 13.2 Å². The zero-order valence-corrected chi connectivity index (χ0v) is 14.8. The summed E-state index contributed by atoms with van der Waals surface area (Å²) >= 11 is 0. The monoisotopic (exact) mass is 335 g/mol. The normalized spacial score (nSPS) is 13.5. The van der Waals surface area contributed by atoms with Gasteiger partial charge in [-0.3, -0.25) is 9.79 Å². The minimum Gasteiger partial charge on any atom is -0.466 e. The molecule has 8 heteroatoms. The van der Waals surface area contributed by atoms with E-state index in [1.165, 1.54) is 6.26 Å². The first-order valence-corrected chi connectivity index (χ1v) is 9.72. The summed E-state index contributed by atoms with van der Waals surface area (Å²) in [6, 6.07) is -0.00224. The van der Waals surface area contributed by atoms with Crippen LogP contribution in [0.25, 0.3) is 0 Å². The number of sulfone groups is 1. The van der Waals surface area contributed by atoms with Crippen molar-refractivity contribution in [2.24, 2.45) is 4.99 Å². The second kappa shape index (κ2) is 11.3. The SMILES string of the molecule is CCNC(=NCCCC(=O)OCC)NC(C)CCS(C)(=O)=O. The maximum Gasteiger partial charge on any atom is 0.305 e. The maximum atomic E-state index is 11.2. The van der Waals surface area contributed by atoms with E-state index in [2.05, 4.69) is 15.6 Å². The summed E-state index contributed by atoms with van der Waals surface area (Å²) in [5.41, 5.74) is 0. The predicted molar refractivity (Wildman–Crippen MR) is 88.8 cm³/mol. The highest BCUT2D eigenvalue weighted by atomic mass is 32.2. The highest BCUT2D eigenvalue weighted by Crippen LogP contribution is 1.97. The van der Waals surface area contributed by atoms with Crippen molar-refractivity contribution in [3.63, 3.8) is 0 Å². The molecule has 0 aromatic heterocycles. The van der Waals surface area contributed by atoms with Gasteiger partial charge in [-0.1, -0.05) is 0 Å². The average molecular weight is 335 g/mol. The first-order valence-electron chi connectivity index (χ1n) is 7.66. The molecule has 0 aromatic carbocycles. The van der Waals surface area contributed by atoms with Crippen molar-refractivity contribution in [1.82, 2.24) is 10.6 Å². The van der Waals surface area contributed by atoms with Crippen molar-refractivity contribution >= 4 is 21.8 Å². The molecule has 1 atom stereocenters. The number of carbonyl (C=O) groups is 1. The van der Waals surface area contributed by atoms with Crippen LogP contribution in [0.15, 0.2) is 4.99 Å². The Labute approximate surface area is 133 Å². The summed E-state index contributed by atoms with van der Waals surface area (Å²) in [6.45, 7) is 7.26. The predicted octanol–water partition coefficient (Wildman–Crippen LogP) is 0.708. The molecular formula is C14H29N3O4S. The number of hydrogen-bond acceptors (Lipinski definition) is 5. The molecule has 0 bridgehead atoms. The standard InChI is InChI=1S/C14H29N3O4S/c1-5-15-14(16-10-7-8-13(18)21-6-2)17-12(3)9-11-22(4,19)20/h12H,5-11H2,1-4H3,(H2,15,16,17). The summed E-state index contributed by atoms with van der Waals surface area (Å²) in [5, 5.41) is 6.26. The average Bonchev–Trinajstić information content (AvgIpc) is 2.41. The largest absolute Gasteiger partial charge is 0.466 e. The van der Waals surface area contributed by atoms with Crippen molar-refractivity contribution in [3.05, 3.63) is 0 Å². The highest BCUT2D eigenvalue weighted by molar-refractivity contribution is 7.90. The Balaban J connectivity index is 4.22. The molecule has 0 amide bonds. The third-order valence-electron chi connectivity index (χ3n) is 2.76. The summed E-state index contributed by atoms with van der Waals surface area (Å²) in [4.78, 5) is 15.6. The van der Waals surface area contributed by atoms with Crippen molar-refractivity contribution in [3.8, 4) is 0 Å². The van der Waals surface area contributed by atoms with Crippen LogP contribution in [0.1, 0.15) is 40.0 Å². The fraction of sp³-hybridized carbons (Fsp3) is 0.857. The number of nitrogens with zero attached hydrogens (tertiary/aromatic N) is 1. The summed E-state index contributed by atoms with van der Waals surface area (Å²) in [7, 11) is -2.95. The van der Waals surface area contributed by atoms with E-state index in [1.54, 1.807) is 6.92 Å². The molecule has 0 aliphatic heterocycles. The number of rotatable bonds is 10. The molecule has 130 valence electrons. The van der Waals surface area contributed by atoms with Gasteiger partial charge in [-0.05, 0) is 33.6 Å². The van der Waals surface area contributed by atoms with E-state index >= 15 is 0 Å². The van der Waals surface area contributed by atoms with Crippen LogP contribution in [-0.2, 0) is 19.4 Å². The molecular weight excluding hydrogens is 306 g/mol. The fourth-order valence-electron chi connectivity index (χ4n) is 1.66. The van der Waals surface area contributed by atoms with Crippen LogP contribution < -0.4 is 10.6 Å². The summed E-state index contributed by atoms with van der Waals surface area (Å²) in [6.07, 6.45) is 2.72. The molecule has 2 N–H and O–H groups in total. The van der Waals surface area contributed by atoms with Crippen LogP contribution in [0, 0.1) is 0 Å². The van der Waals surface area contributed by atoms with Gasteiger partial charge in [-0.15, -0.1) is 0 Å². The van der Waals surface area contributed by atoms with Gasteiger partial charge in [-0.25, -0.2) is 8.42 Å². The van der Waals surface area contributed by atoms with Crippen LogP contribution in [0.2, 0.25) is 0 Å². The topological polar surface area (TPSA) is 96.9 Å². The lowest BCUT2D eigenvalue weighted by molar-refractivity contribution is -0.143. The van der Waals surface area contributed by atoms with Gasteiger partial charge in [0.15, 0.2) is 5.96 Å². The maximum absolute atomic E-state index is 11.2. The highest BCUT2D eigenvalue weighted by Gasteiger charge is 2.09. The van der Waals surface area contributed by atoms with Gasteiger partial charge >= 0.3 is 5.97 Å². The number of carbonyl (C=O) groups excluding carboxylic acids is 1. The summed E-state index contributed by atoms with van der Waals surface area (Å²) < 4.78 is 27.2. The van der Waals surface area contributed by atoms with Crippen LogP contribution in [0.4, 0.5) is 0 Å². The van der Waals surface area contributed by atoms with Gasteiger partial charge in [0.1, 0.15) is 9.84 Å². The minimum atomic E-state index is -2.95. The van der Waals surface area contributed by atoms with Crippen LogP contribution in [-0.4, -0.2) is 58.1 Å². The molecule has 1 unspecified atom stereocenters. The van der Waals surface area contributed by atoms with E-state index in [0.717, 1.165) is 0 Å². The molecule has 0 saturated carbocycles. The minimum absolute atomic E-state index is 0.00224. The lowest BCUT2D eigenvalue weighted by Gasteiger charge is -2.17. The molecule has 22 heavy (non-hydrogen) atoms. The molecule has 0 spiro atoms. The van der Waals surface area contributed by atoms with E-state index in [-0.39, 0.29) is 17.8 Å². The van der Waals surface area contributed by atoms with Crippen molar-refractivity contribution < 1.29 is 17.9 Å². The van der Waals surface area contributed by atoms with Crippen molar-refractivity contribution in [2.45, 2.75) is 46.1 Å². The Morgan fingerprint density at radius 2 is 2.00 bits per heavy atom. The van der Waals surface area contributed by atoms with Gasteiger partial charge in [0, 0.05) is 31.8 Å². The number of esters is 1. The molecule has 0 rings (SSSR count). The Morgan fingerprint density at radius 1 is 1.32 bits per heavy atom. The number of nitrogens with one attached hydrogen (secondary N) is 2. The van der Waals surface area contributed by atoms with Gasteiger partial charge in [0.25, 0.3) is 0 Å². The molecule has 0 aliphatic rings. The Hall–Kier alpha value is -1.31. The van der Waals surface area contributed by atoms with Crippen molar-refractivity contribution in [2.75, 3.05) is 31.7 Å². The number of aliphatic imine (C=N–C) groups is 1. The van der Waals surface area contributed by atoms with E-state index in [0.29, 0.717) is 44.9 Å². The van der Waals surface area contributed by atoms with Gasteiger partial charge in [-0.2, -0.15) is 0 Å². The van der Waals surface area contributed by atoms with E-state index < -0.39 is 9.84 Å². The second-order valence-corrected chi connectivity index (χ2v) is 7.39. The molecule has 0 aliphatic carbocycles. The number of guanidine groups is 1. The molecule has 0 heterocycles. The van der Waals surface area contributed by atoms with Gasteiger partial charge in [0.05, 0.1) is 12.4 Å². The first-order chi connectivity index (χ1) is 10.3. The van der Waals surface area contributed by atoms with Gasteiger partial charge in [0.2, 0.25) is 0 Å². The summed E-state index contributed by atoms with van der Waals surface area (Å²) in [5.74, 6) is 0.563. The third-order valence-corrected chi connectivity index (χ3v) is 3.74. The molecule has 0 aromatic rings. The lowest BCUT2D eigenvalue weighted by Crippen LogP contribution is -2.42. The molecule has 0 fully saturated rings. The number of ether oxygens (including phenoxy) is 1. The van der Waals surface area contributed by atoms with Crippen molar-refractivity contribution in [1.29, 1.82) is 0 Å². The van der Waals surface area contributed by atoms with Gasteiger partial charge < -0.3 is 15.4 Å². The Morgan fingerprint density at radius 3 is 2.55 bits per heavy atom. The molecule has 0 saturated heterocycles.